The number of benzene rings is 2. The Morgan fingerprint density at radius 1 is 1.22 bits per heavy atom. The van der Waals surface area contributed by atoms with Gasteiger partial charge in [-0.15, -0.1) is 0 Å². The van der Waals surface area contributed by atoms with Crippen molar-refractivity contribution in [2.45, 2.75) is 31.6 Å². The quantitative estimate of drug-likeness (QED) is 0.153. The molecule has 0 bridgehead atoms. The molecule has 4 aromatic rings. The van der Waals surface area contributed by atoms with Crippen molar-refractivity contribution >= 4 is 47.9 Å². The van der Waals surface area contributed by atoms with E-state index < -0.39 is 19.3 Å². The molecule has 1 aliphatic heterocycles. The number of anilines is 1. The molecule has 0 spiro atoms. The first-order valence-electron chi connectivity index (χ1n) is 12.7. The highest BCUT2D eigenvalue weighted by Gasteiger charge is 2.34. The number of halogens is 2. The number of rotatable bonds is 9. The Bertz CT molecular complexity index is 1570. The third-order valence-corrected chi connectivity index (χ3v) is 8.15. The first kappa shape index (κ1) is 31.1. The number of hydrogen-bond acceptors (Lipinski definition) is 10. The second-order valence-electron chi connectivity index (χ2n) is 9.06. The topological polar surface area (TPSA) is 175 Å². The van der Waals surface area contributed by atoms with Crippen LogP contribution in [0.2, 0.25) is 10.0 Å². The van der Waals surface area contributed by atoms with E-state index in [0.717, 1.165) is 11.1 Å². The molecule has 15 heteroatoms. The van der Waals surface area contributed by atoms with Crippen molar-refractivity contribution in [3.8, 4) is 0 Å². The van der Waals surface area contributed by atoms with E-state index in [0.29, 0.717) is 41.7 Å². The summed E-state index contributed by atoms with van der Waals surface area (Å²) in [6.07, 6.45) is 1.22. The molecule has 0 aliphatic carbocycles. The number of fused-ring (bicyclic) bond motifs is 1. The molecule has 12 nitrogen and oxygen atoms in total. The normalized spacial score (nSPS) is 19.5. The van der Waals surface area contributed by atoms with Crippen LogP contribution in [-0.4, -0.2) is 55.9 Å². The smallest absolute Gasteiger partial charge is 0.356 e. The van der Waals surface area contributed by atoms with Crippen LogP contribution in [0.4, 0.5) is 5.95 Å². The maximum atomic E-state index is 12.9. The molecule has 1 aliphatic rings. The van der Waals surface area contributed by atoms with E-state index in [1.807, 2.05) is 12.1 Å². The molecule has 3 unspecified atom stereocenters. The summed E-state index contributed by atoms with van der Waals surface area (Å²) in [6, 6.07) is 14.2. The van der Waals surface area contributed by atoms with E-state index in [4.69, 9.17) is 47.8 Å². The Morgan fingerprint density at radius 3 is 2.71 bits per heavy atom. The number of aromatic amines is 1. The van der Waals surface area contributed by atoms with E-state index in [1.54, 1.807) is 41.0 Å². The lowest BCUT2D eigenvalue weighted by Gasteiger charge is -2.30. The van der Waals surface area contributed by atoms with Gasteiger partial charge in [-0.05, 0) is 35.4 Å². The molecule has 3 heterocycles. The van der Waals surface area contributed by atoms with Crippen LogP contribution < -0.4 is 11.3 Å². The van der Waals surface area contributed by atoms with Gasteiger partial charge in [0, 0.05) is 36.0 Å². The lowest BCUT2D eigenvalue weighted by atomic mass is 10.1. The van der Waals surface area contributed by atoms with Gasteiger partial charge in [0.05, 0.1) is 31.7 Å². The van der Waals surface area contributed by atoms with Crippen molar-refractivity contribution in [2.75, 3.05) is 31.9 Å². The minimum absolute atomic E-state index is 0.00525. The average molecular weight is 626 g/mol. The zero-order valence-electron chi connectivity index (χ0n) is 21.9. The number of imidazole rings is 1. The van der Waals surface area contributed by atoms with E-state index in [-0.39, 0.29) is 37.1 Å². The SMILES string of the molecule is Nc1nc2c(ncn2CCOCP2(=O)OCCC(c3cccc(Cl)c3)O2)c(=O)[nH]1.OCCC(O)c1cccc(Cl)c1. The Hall–Kier alpha value is -2.80. The van der Waals surface area contributed by atoms with Gasteiger partial charge in [-0.25, -0.2) is 4.98 Å². The number of nitrogens with one attached hydrogen (secondary N) is 1. The molecular formula is C26H30Cl2N5O7P. The average Bonchev–Trinajstić information content (AvgIpc) is 3.35. The third kappa shape index (κ3) is 8.60. The van der Waals surface area contributed by atoms with Crippen molar-refractivity contribution in [1.82, 2.24) is 19.5 Å². The highest BCUT2D eigenvalue weighted by molar-refractivity contribution is 7.53. The van der Waals surface area contributed by atoms with E-state index >= 15 is 0 Å². The Kier molecular flexibility index (Phi) is 10.9. The maximum Gasteiger partial charge on any atom is 0.356 e. The van der Waals surface area contributed by atoms with Gasteiger partial charge in [0.25, 0.3) is 5.56 Å². The van der Waals surface area contributed by atoms with E-state index in [1.165, 1.54) is 6.33 Å². The first-order valence-corrected chi connectivity index (χ1v) is 15.2. The van der Waals surface area contributed by atoms with Crippen molar-refractivity contribution < 1.29 is 28.6 Å². The summed E-state index contributed by atoms with van der Waals surface area (Å²) >= 11 is 11.7. The molecule has 2 aromatic carbocycles. The van der Waals surface area contributed by atoms with Gasteiger partial charge in [-0.2, -0.15) is 4.98 Å². The number of aromatic nitrogens is 4. The van der Waals surface area contributed by atoms with Crippen LogP contribution in [0.3, 0.4) is 0 Å². The zero-order valence-corrected chi connectivity index (χ0v) is 24.3. The molecule has 2 aromatic heterocycles. The van der Waals surface area contributed by atoms with Crippen LogP contribution in [0.25, 0.3) is 11.2 Å². The monoisotopic (exact) mass is 625 g/mol. The fraction of sp³-hybridized carbons (Fsp3) is 0.346. The summed E-state index contributed by atoms with van der Waals surface area (Å²) in [5, 5.41) is 19.2. The predicted octanol–water partition coefficient (Wildman–Crippen LogP) is 4.46. The summed E-state index contributed by atoms with van der Waals surface area (Å²) in [7, 11) is -3.40. The number of hydrogen-bond donors (Lipinski definition) is 4. The van der Waals surface area contributed by atoms with Crippen LogP contribution in [0.5, 0.6) is 0 Å². The molecule has 0 saturated carbocycles. The van der Waals surface area contributed by atoms with Crippen LogP contribution in [-0.2, 0) is 24.9 Å². The van der Waals surface area contributed by atoms with Crippen LogP contribution in [0.1, 0.15) is 36.2 Å². The number of aliphatic hydroxyl groups is 2. The maximum absolute atomic E-state index is 12.9. The van der Waals surface area contributed by atoms with Gasteiger partial charge in [-0.1, -0.05) is 47.5 Å². The standard InChI is InChI=1S/C17H19ClN5O5P.C9H11ClO2/c18-12-3-1-2-11(8-12)13-4-6-27-29(25,28-13)10-26-7-5-23-9-20-14-15(23)21-17(19)22-16(14)24;10-8-3-1-2-7(6-8)9(12)4-5-11/h1-3,8-9,13H,4-7,10H2,(H3,19,21,22,24);1-3,6,9,11-12H,4-5H2. The molecule has 3 atom stereocenters. The second kappa shape index (κ2) is 14.4. The lowest BCUT2D eigenvalue weighted by molar-refractivity contribution is 0.0563. The van der Waals surface area contributed by atoms with Gasteiger partial charge in [-0.3, -0.25) is 18.9 Å². The van der Waals surface area contributed by atoms with Gasteiger partial charge in [0.1, 0.15) is 6.35 Å². The largest absolute Gasteiger partial charge is 0.396 e. The summed E-state index contributed by atoms with van der Waals surface area (Å²) in [6.45, 7) is 0.812. The van der Waals surface area contributed by atoms with Crippen molar-refractivity contribution in [2.24, 2.45) is 0 Å². The predicted molar refractivity (Wildman–Crippen MR) is 155 cm³/mol. The molecule has 5 N–H and O–H groups in total. The Morgan fingerprint density at radius 2 is 1.98 bits per heavy atom. The Labute approximate surface area is 245 Å². The van der Waals surface area contributed by atoms with Gasteiger partial charge < -0.3 is 29.8 Å². The van der Waals surface area contributed by atoms with Gasteiger partial charge in [0.2, 0.25) is 5.95 Å². The van der Waals surface area contributed by atoms with Crippen LogP contribution in [0, 0.1) is 0 Å². The fourth-order valence-corrected chi connectivity index (χ4v) is 6.00. The van der Waals surface area contributed by atoms with Crippen molar-refractivity contribution in [3.63, 3.8) is 0 Å². The van der Waals surface area contributed by atoms with Crippen LogP contribution >= 0.6 is 30.8 Å². The minimum Gasteiger partial charge on any atom is -0.396 e. The minimum atomic E-state index is -3.40. The molecule has 41 heavy (non-hydrogen) atoms. The summed E-state index contributed by atoms with van der Waals surface area (Å²) in [5.74, 6) is 0.00525. The lowest BCUT2D eigenvalue weighted by Crippen LogP contribution is -2.17. The van der Waals surface area contributed by atoms with Gasteiger partial charge in [0.15, 0.2) is 11.2 Å². The second-order valence-corrected chi connectivity index (χ2v) is 11.9. The molecule has 0 radical (unpaired) electrons. The van der Waals surface area contributed by atoms with E-state index in [2.05, 4.69) is 15.0 Å². The summed E-state index contributed by atoms with van der Waals surface area (Å²) < 4.78 is 31.1. The number of ether oxygens (including phenoxy) is 1. The van der Waals surface area contributed by atoms with Crippen molar-refractivity contribution in [1.29, 1.82) is 0 Å². The van der Waals surface area contributed by atoms with E-state index in [9.17, 15) is 14.5 Å². The fourth-order valence-electron chi connectivity index (χ4n) is 4.05. The zero-order chi connectivity index (χ0) is 29.4. The molecule has 1 fully saturated rings. The van der Waals surface area contributed by atoms with Crippen molar-refractivity contribution in [3.05, 3.63) is 86.4 Å². The number of nitrogens with zero attached hydrogens (tertiary/aromatic N) is 3. The third-order valence-electron chi connectivity index (χ3n) is 6.03. The molecule has 1 saturated heterocycles. The summed E-state index contributed by atoms with van der Waals surface area (Å²) in [5.41, 5.74) is 7.30. The number of aliphatic hydroxyl groups excluding tert-OH is 2. The molecular weight excluding hydrogens is 596 g/mol. The molecule has 220 valence electrons. The number of nitrogens with two attached hydrogens (primary N) is 1. The number of H-pyrrole nitrogens is 1. The number of nitrogen functional groups attached to an aromatic ring is 1. The Balaban J connectivity index is 0.000000271. The highest BCUT2D eigenvalue weighted by atomic mass is 35.5. The van der Waals surface area contributed by atoms with Crippen LogP contribution in [0.15, 0.2) is 59.7 Å². The molecule has 5 rings (SSSR count). The first-order chi connectivity index (χ1) is 19.7. The highest BCUT2D eigenvalue weighted by Crippen LogP contribution is 2.56. The molecule has 0 amide bonds. The summed E-state index contributed by atoms with van der Waals surface area (Å²) in [4.78, 5) is 22.3. The van der Waals surface area contributed by atoms with Gasteiger partial charge >= 0.3 is 7.60 Å².